The van der Waals surface area contributed by atoms with Gasteiger partial charge in [0, 0.05) is 17.6 Å². The van der Waals surface area contributed by atoms with E-state index in [1.54, 1.807) is 62.4 Å². The number of benzene rings is 3. The van der Waals surface area contributed by atoms with Crippen molar-refractivity contribution < 1.29 is 18.0 Å². The van der Waals surface area contributed by atoms with Gasteiger partial charge in [0.1, 0.15) is 12.6 Å². The molecule has 0 aromatic heterocycles. The smallest absolute Gasteiger partial charge is 0.264 e. The lowest BCUT2D eigenvalue weighted by atomic mass is 10.1. The van der Waals surface area contributed by atoms with Gasteiger partial charge in [-0.1, -0.05) is 71.6 Å². The van der Waals surface area contributed by atoms with E-state index in [4.69, 9.17) is 34.8 Å². The molecule has 220 valence electrons. The molecule has 7 nitrogen and oxygen atoms in total. The second-order valence-electron chi connectivity index (χ2n) is 9.97. The van der Waals surface area contributed by atoms with E-state index in [1.165, 1.54) is 17.0 Å². The number of aryl methyl sites for hydroxylation is 1. The summed E-state index contributed by atoms with van der Waals surface area (Å²) >= 11 is 18.7. The molecule has 3 aromatic carbocycles. The van der Waals surface area contributed by atoms with Crippen molar-refractivity contribution >= 4 is 62.3 Å². The summed E-state index contributed by atoms with van der Waals surface area (Å²) in [6.45, 7) is 8.39. The van der Waals surface area contributed by atoms with Gasteiger partial charge in [0.2, 0.25) is 11.8 Å². The average Bonchev–Trinajstić information content (AvgIpc) is 2.93. The number of rotatable bonds is 11. The second-order valence-corrected chi connectivity index (χ2v) is 13.1. The third-order valence-electron chi connectivity index (χ3n) is 6.90. The Morgan fingerprint density at radius 2 is 1.56 bits per heavy atom. The Hall–Kier alpha value is -2.78. The van der Waals surface area contributed by atoms with E-state index in [-0.39, 0.29) is 29.1 Å². The van der Waals surface area contributed by atoms with Crippen LogP contribution in [0.1, 0.15) is 43.9 Å². The minimum atomic E-state index is -4.20. The summed E-state index contributed by atoms with van der Waals surface area (Å²) in [6.07, 6.45) is 0.704. The monoisotopic (exact) mass is 637 g/mol. The molecular formula is C30H34Cl3N3O4S. The van der Waals surface area contributed by atoms with Crippen LogP contribution in [0, 0.1) is 13.8 Å². The minimum absolute atomic E-state index is 0.00222. The zero-order chi connectivity index (χ0) is 30.5. The molecule has 0 aliphatic carbocycles. The Morgan fingerprint density at radius 1 is 0.902 bits per heavy atom. The fraction of sp³-hybridized carbons (Fsp3) is 0.333. The van der Waals surface area contributed by atoms with E-state index < -0.39 is 28.5 Å². The highest BCUT2D eigenvalue weighted by atomic mass is 35.5. The van der Waals surface area contributed by atoms with Crippen LogP contribution in [-0.2, 0) is 26.2 Å². The highest BCUT2D eigenvalue weighted by molar-refractivity contribution is 7.92. The molecule has 0 heterocycles. The van der Waals surface area contributed by atoms with Crippen molar-refractivity contribution in [2.45, 2.75) is 64.6 Å². The van der Waals surface area contributed by atoms with Gasteiger partial charge in [-0.05, 0) is 81.6 Å². The molecule has 0 aliphatic rings. The second kappa shape index (κ2) is 13.9. The highest BCUT2D eigenvalue weighted by Gasteiger charge is 2.33. The van der Waals surface area contributed by atoms with Crippen molar-refractivity contribution in [3.63, 3.8) is 0 Å². The first-order chi connectivity index (χ1) is 19.3. The quantitative estimate of drug-likeness (QED) is 0.251. The maximum atomic E-state index is 14.1. The largest absolute Gasteiger partial charge is 0.352 e. The molecule has 0 spiro atoms. The van der Waals surface area contributed by atoms with Crippen molar-refractivity contribution in [3.8, 4) is 0 Å². The summed E-state index contributed by atoms with van der Waals surface area (Å²) in [5, 5.41) is 3.91. The molecule has 3 aromatic rings. The molecule has 11 heteroatoms. The summed E-state index contributed by atoms with van der Waals surface area (Å²) in [5.41, 5.74) is 2.27. The number of hydrogen-bond acceptors (Lipinski definition) is 4. The predicted molar refractivity (Wildman–Crippen MR) is 166 cm³/mol. The Labute approximate surface area is 257 Å². The number of carbonyl (C=O) groups is 2. The number of nitrogens with one attached hydrogen (secondary N) is 1. The summed E-state index contributed by atoms with van der Waals surface area (Å²) < 4.78 is 29.0. The fourth-order valence-electron chi connectivity index (χ4n) is 4.10. The summed E-state index contributed by atoms with van der Waals surface area (Å²) in [4.78, 5) is 28.6. The molecule has 41 heavy (non-hydrogen) atoms. The van der Waals surface area contributed by atoms with Crippen LogP contribution in [0.4, 0.5) is 5.69 Å². The first-order valence-electron chi connectivity index (χ1n) is 13.1. The molecule has 0 aliphatic heterocycles. The molecular weight excluding hydrogens is 605 g/mol. The molecule has 1 N–H and O–H groups in total. The third-order valence-corrected chi connectivity index (χ3v) is 9.82. The number of hydrogen-bond donors (Lipinski definition) is 1. The first-order valence-corrected chi connectivity index (χ1v) is 15.7. The third kappa shape index (κ3) is 7.95. The number of halogens is 3. The fourth-order valence-corrected chi connectivity index (χ4v) is 6.06. The van der Waals surface area contributed by atoms with Gasteiger partial charge in [0.25, 0.3) is 10.0 Å². The maximum Gasteiger partial charge on any atom is 0.264 e. The van der Waals surface area contributed by atoms with Gasteiger partial charge in [0.15, 0.2) is 0 Å². The number of nitrogens with zero attached hydrogens (tertiary/aromatic N) is 2. The van der Waals surface area contributed by atoms with Crippen molar-refractivity contribution in [3.05, 3.63) is 92.4 Å². The number of carbonyl (C=O) groups excluding carboxylic acids is 2. The van der Waals surface area contributed by atoms with Crippen molar-refractivity contribution in [1.29, 1.82) is 0 Å². The van der Waals surface area contributed by atoms with Gasteiger partial charge in [0.05, 0.1) is 20.6 Å². The van der Waals surface area contributed by atoms with Crippen LogP contribution in [0.15, 0.2) is 65.6 Å². The molecule has 0 radical (unpaired) electrons. The Morgan fingerprint density at radius 3 is 2.17 bits per heavy atom. The topological polar surface area (TPSA) is 86.8 Å². The van der Waals surface area contributed by atoms with Gasteiger partial charge in [-0.15, -0.1) is 0 Å². The van der Waals surface area contributed by atoms with Gasteiger partial charge in [-0.2, -0.15) is 0 Å². The van der Waals surface area contributed by atoms with Gasteiger partial charge in [-0.25, -0.2) is 8.42 Å². The van der Waals surface area contributed by atoms with Crippen LogP contribution in [0.3, 0.4) is 0 Å². The lowest BCUT2D eigenvalue weighted by Crippen LogP contribution is -2.52. The zero-order valence-corrected chi connectivity index (χ0v) is 26.7. The van der Waals surface area contributed by atoms with E-state index in [2.05, 4.69) is 5.32 Å². The highest BCUT2D eigenvalue weighted by Crippen LogP contribution is 2.31. The SMILES string of the molecule is CC[C@H](C)NC(=O)[C@@H](C)N(Cc1ccc(Cl)c(Cl)c1)C(=O)CN(c1cccc(Cl)c1C)S(=O)(=O)c1ccc(C)cc1. The number of amides is 2. The molecule has 0 unspecified atom stereocenters. The number of anilines is 1. The molecule has 3 rings (SSSR count). The van der Waals surface area contributed by atoms with E-state index in [0.717, 1.165) is 9.87 Å². The van der Waals surface area contributed by atoms with Crippen molar-refractivity contribution in [1.82, 2.24) is 10.2 Å². The lowest BCUT2D eigenvalue weighted by molar-refractivity contribution is -0.139. The first kappa shape index (κ1) is 32.7. The van der Waals surface area contributed by atoms with Crippen LogP contribution >= 0.6 is 34.8 Å². The Kier molecular flexibility index (Phi) is 11.1. The lowest BCUT2D eigenvalue weighted by Gasteiger charge is -2.33. The standard InChI is InChI=1S/C30H34Cl3N3O4S/c1-6-20(3)34-30(38)22(5)35(17-23-12-15-26(32)27(33)16-23)29(37)18-36(28-9-7-8-25(31)21(28)4)41(39,40)24-13-10-19(2)11-14-24/h7-16,20,22H,6,17-18H2,1-5H3,(H,34,38)/t20-,22+/m0/s1. The van der Waals surface area contributed by atoms with E-state index in [1.807, 2.05) is 20.8 Å². The van der Waals surface area contributed by atoms with Crippen molar-refractivity contribution in [2.75, 3.05) is 10.8 Å². The van der Waals surface area contributed by atoms with E-state index in [9.17, 15) is 18.0 Å². The Balaban J connectivity index is 2.08. The van der Waals surface area contributed by atoms with Gasteiger partial charge >= 0.3 is 0 Å². The normalized spacial score (nSPS) is 12.9. The van der Waals surface area contributed by atoms with Crippen LogP contribution < -0.4 is 9.62 Å². The molecule has 2 atom stereocenters. The maximum absolute atomic E-state index is 14.1. The molecule has 0 saturated heterocycles. The Bertz CT molecular complexity index is 1510. The van der Waals surface area contributed by atoms with Crippen LogP contribution in [0.5, 0.6) is 0 Å². The van der Waals surface area contributed by atoms with Crippen LogP contribution in [0.25, 0.3) is 0 Å². The predicted octanol–water partition coefficient (Wildman–Crippen LogP) is 6.79. The summed E-state index contributed by atoms with van der Waals surface area (Å²) in [7, 11) is -4.20. The number of sulfonamides is 1. The molecule has 0 saturated carbocycles. The average molecular weight is 639 g/mol. The molecule has 0 fully saturated rings. The van der Waals surface area contributed by atoms with E-state index in [0.29, 0.717) is 32.6 Å². The van der Waals surface area contributed by atoms with E-state index >= 15 is 0 Å². The molecule has 0 bridgehead atoms. The van der Waals surface area contributed by atoms with Crippen molar-refractivity contribution in [2.24, 2.45) is 0 Å². The van der Waals surface area contributed by atoms with Gasteiger partial charge < -0.3 is 10.2 Å². The summed E-state index contributed by atoms with van der Waals surface area (Å²) in [5.74, 6) is -0.947. The molecule has 2 amide bonds. The van der Waals surface area contributed by atoms with Crippen LogP contribution in [0.2, 0.25) is 15.1 Å². The summed E-state index contributed by atoms with van der Waals surface area (Å²) in [6, 6.07) is 15.1. The van der Waals surface area contributed by atoms with Crippen LogP contribution in [-0.4, -0.2) is 43.8 Å². The zero-order valence-electron chi connectivity index (χ0n) is 23.6. The van der Waals surface area contributed by atoms with Gasteiger partial charge in [-0.3, -0.25) is 13.9 Å². The minimum Gasteiger partial charge on any atom is -0.352 e.